The SMILES string of the molecule is CCc1cc(OC2CCOC3(CCCC3)C2)c(C(=O)O)s1. The van der Waals surface area contributed by atoms with Gasteiger partial charge in [-0.3, -0.25) is 0 Å². The highest BCUT2D eigenvalue weighted by Gasteiger charge is 2.41. The van der Waals surface area contributed by atoms with Crippen LogP contribution in [-0.2, 0) is 11.2 Å². The van der Waals surface area contributed by atoms with Gasteiger partial charge in [0.05, 0.1) is 12.2 Å². The van der Waals surface area contributed by atoms with Crippen LogP contribution >= 0.6 is 11.3 Å². The lowest BCUT2D eigenvalue weighted by atomic mass is 9.90. The van der Waals surface area contributed by atoms with E-state index in [0.717, 1.165) is 43.6 Å². The number of carbonyl (C=O) groups is 1. The summed E-state index contributed by atoms with van der Waals surface area (Å²) < 4.78 is 12.1. The van der Waals surface area contributed by atoms with Gasteiger partial charge in [-0.2, -0.15) is 0 Å². The van der Waals surface area contributed by atoms with Crippen molar-refractivity contribution in [3.8, 4) is 5.75 Å². The highest BCUT2D eigenvalue weighted by atomic mass is 32.1. The van der Waals surface area contributed by atoms with Crippen molar-refractivity contribution in [2.45, 2.75) is 63.6 Å². The van der Waals surface area contributed by atoms with Gasteiger partial charge in [0.25, 0.3) is 0 Å². The van der Waals surface area contributed by atoms with E-state index in [0.29, 0.717) is 10.6 Å². The van der Waals surface area contributed by atoms with E-state index in [9.17, 15) is 9.90 Å². The average molecular weight is 310 g/mol. The number of ether oxygens (including phenoxy) is 2. The molecular weight excluding hydrogens is 288 g/mol. The van der Waals surface area contributed by atoms with E-state index in [-0.39, 0.29) is 11.7 Å². The molecule has 1 saturated heterocycles. The van der Waals surface area contributed by atoms with Crippen LogP contribution in [-0.4, -0.2) is 29.4 Å². The van der Waals surface area contributed by atoms with Crippen LogP contribution in [0.15, 0.2) is 6.07 Å². The fourth-order valence-electron chi connectivity index (χ4n) is 3.46. The smallest absolute Gasteiger partial charge is 0.349 e. The first kappa shape index (κ1) is 14.9. The van der Waals surface area contributed by atoms with Gasteiger partial charge < -0.3 is 14.6 Å². The van der Waals surface area contributed by atoms with E-state index in [1.54, 1.807) is 0 Å². The van der Waals surface area contributed by atoms with Gasteiger partial charge in [0, 0.05) is 17.7 Å². The third-order valence-corrected chi connectivity index (χ3v) is 5.80. The third kappa shape index (κ3) is 3.09. The molecule has 5 heteroatoms. The molecule has 1 atom stereocenters. The van der Waals surface area contributed by atoms with Gasteiger partial charge in [-0.15, -0.1) is 11.3 Å². The first-order chi connectivity index (χ1) is 10.1. The van der Waals surface area contributed by atoms with Crippen LogP contribution in [0.3, 0.4) is 0 Å². The van der Waals surface area contributed by atoms with Gasteiger partial charge in [0.2, 0.25) is 0 Å². The van der Waals surface area contributed by atoms with E-state index in [1.807, 2.05) is 13.0 Å². The highest BCUT2D eigenvalue weighted by molar-refractivity contribution is 7.14. The molecule has 1 N–H and O–H groups in total. The minimum absolute atomic E-state index is 0.00406. The molecule has 4 nitrogen and oxygen atoms in total. The maximum atomic E-state index is 11.3. The fraction of sp³-hybridized carbons (Fsp3) is 0.688. The van der Waals surface area contributed by atoms with Crippen molar-refractivity contribution in [3.63, 3.8) is 0 Å². The van der Waals surface area contributed by atoms with Gasteiger partial charge in [-0.25, -0.2) is 4.79 Å². The summed E-state index contributed by atoms with van der Waals surface area (Å²) in [5.74, 6) is -0.346. The van der Waals surface area contributed by atoms with Crippen LogP contribution in [0.4, 0.5) is 0 Å². The van der Waals surface area contributed by atoms with Gasteiger partial charge in [-0.1, -0.05) is 19.8 Å². The number of hydrogen-bond acceptors (Lipinski definition) is 4. The number of carboxylic acids is 1. The van der Waals surface area contributed by atoms with Gasteiger partial charge in [-0.05, 0) is 25.3 Å². The predicted octanol–water partition coefficient (Wildman–Crippen LogP) is 3.88. The van der Waals surface area contributed by atoms with E-state index in [1.165, 1.54) is 24.2 Å². The molecule has 2 fully saturated rings. The van der Waals surface area contributed by atoms with E-state index >= 15 is 0 Å². The molecule has 0 radical (unpaired) electrons. The molecule has 2 aliphatic rings. The second-order valence-corrected chi connectivity index (χ2v) is 7.17. The highest BCUT2D eigenvalue weighted by Crippen LogP contribution is 2.41. The number of thiophene rings is 1. The monoisotopic (exact) mass is 310 g/mol. The standard InChI is InChI=1S/C16H22O4S/c1-2-12-9-13(14(21-12)15(17)18)20-11-5-8-19-16(10-11)6-3-4-7-16/h9,11H,2-8,10H2,1H3,(H,17,18). The zero-order valence-electron chi connectivity index (χ0n) is 12.4. The van der Waals surface area contributed by atoms with Crippen molar-refractivity contribution < 1.29 is 19.4 Å². The normalized spacial score (nSPS) is 24.3. The van der Waals surface area contributed by atoms with Gasteiger partial charge in [0.15, 0.2) is 4.88 Å². The van der Waals surface area contributed by atoms with E-state index < -0.39 is 5.97 Å². The molecule has 1 spiro atoms. The molecule has 0 amide bonds. The summed E-state index contributed by atoms with van der Waals surface area (Å²) in [6.07, 6.45) is 7.34. The molecule has 1 aliphatic heterocycles. The molecule has 21 heavy (non-hydrogen) atoms. The van der Waals surface area contributed by atoms with Crippen molar-refractivity contribution >= 4 is 17.3 Å². The predicted molar refractivity (Wildman–Crippen MR) is 81.5 cm³/mol. The Bertz CT molecular complexity index is 516. The first-order valence-electron chi connectivity index (χ1n) is 7.78. The van der Waals surface area contributed by atoms with Crippen molar-refractivity contribution in [1.82, 2.24) is 0 Å². The summed E-state index contributed by atoms with van der Waals surface area (Å²) in [6.45, 7) is 2.75. The van der Waals surface area contributed by atoms with Crippen LogP contribution in [0.5, 0.6) is 5.75 Å². The molecule has 1 aromatic heterocycles. The Morgan fingerprint density at radius 1 is 1.52 bits per heavy atom. The Morgan fingerprint density at radius 3 is 2.95 bits per heavy atom. The summed E-state index contributed by atoms with van der Waals surface area (Å²) in [5, 5.41) is 9.31. The molecule has 2 heterocycles. The third-order valence-electron chi connectivity index (χ3n) is 4.55. The van der Waals surface area contributed by atoms with Crippen LogP contribution in [0.25, 0.3) is 0 Å². The van der Waals surface area contributed by atoms with Crippen molar-refractivity contribution in [1.29, 1.82) is 0 Å². The number of hydrogen-bond donors (Lipinski definition) is 1. The molecule has 1 unspecified atom stereocenters. The second-order valence-electron chi connectivity index (χ2n) is 6.04. The zero-order chi connectivity index (χ0) is 14.9. The Hall–Kier alpha value is -1.07. The summed E-state index contributed by atoms with van der Waals surface area (Å²) in [4.78, 5) is 12.7. The van der Waals surface area contributed by atoms with Crippen LogP contribution < -0.4 is 4.74 Å². The lowest BCUT2D eigenvalue weighted by Gasteiger charge is -2.38. The molecule has 0 aromatic carbocycles. The molecular formula is C16H22O4S. The number of aromatic carboxylic acids is 1. The van der Waals surface area contributed by atoms with Gasteiger partial charge >= 0.3 is 5.97 Å². The van der Waals surface area contributed by atoms with Crippen molar-refractivity contribution in [2.75, 3.05) is 6.61 Å². The first-order valence-corrected chi connectivity index (χ1v) is 8.60. The lowest BCUT2D eigenvalue weighted by Crippen LogP contribution is -2.41. The molecule has 1 saturated carbocycles. The Kier molecular flexibility index (Phi) is 4.22. The summed E-state index contributed by atoms with van der Waals surface area (Å²) in [6, 6.07) is 1.89. The quantitative estimate of drug-likeness (QED) is 0.917. The minimum atomic E-state index is -0.891. The van der Waals surface area contributed by atoms with Crippen LogP contribution in [0.2, 0.25) is 0 Å². The van der Waals surface area contributed by atoms with Crippen LogP contribution in [0.1, 0.15) is 60.0 Å². The number of rotatable bonds is 4. The fourth-order valence-corrected chi connectivity index (χ4v) is 4.33. The number of aryl methyl sites for hydroxylation is 1. The summed E-state index contributed by atoms with van der Waals surface area (Å²) in [5.41, 5.74) is -0.00406. The Balaban J connectivity index is 1.73. The zero-order valence-corrected chi connectivity index (χ0v) is 13.2. The van der Waals surface area contributed by atoms with E-state index in [2.05, 4.69) is 0 Å². The minimum Gasteiger partial charge on any atom is -0.488 e. The number of carboxylic acid groups (broad SMARTS) is 1. The second kappa shape index (κ2) is 5.97. The van der Waals surface area contributed by atoms with Gasteiger partial charge in [0.1, 0.15) is 11.9 Å². The molecule has 0 bridgehead atoms. The maximum absolute atomic E-state index is 11.3. The summed E-state index contributed by atoms with van der Waals surface area (Å²) in [7, 11) is 0. The average Bonchev–Trinajstić information content (AvgIpc) is 3.06. The summed E-state index contributed by atoms with van der Waals surface area (Å²) >= 11 is 1.32. The maximum Gasteiger partial charge on any atom is 0.349 e. The van der Waals surface area contributed by atoms with Crippen LogP contribution in [0, 0.1) is 0 Å². The molecule has 116 valence electrons. The van der Waals surface area contributed by atoms with Crippen molar-refractivity contribution in [2.24, 2.45) is 0 Å². The Morgan fingerprint density at radius 2 is 2.29 bits per heavy atom. The molecule has 1 aromatic rings. The largest absolute Gasteiger partial charge is 0.488 e. The lowest BCUT2D eigenvalue weighted by molar-refractivity contribution is -0.108. The molecule has 3 rings (SSSR count). The molecule has 1 aliphatic carbocycles. The Labute approximate surface area is 129 Å². The van der Waals surface area contributed by atoms with E-state index in [4.69, 9.17) is 9.47 Å². The topological polar surface area (TPSA) is 55.8 Å². The van der Waals surface area contributed by atoms with Crippen molar-refractivity contribution in [3.05, 3.63) is 15.8 Å².